The number of rotatable bonds is 11. The van der Waals surface area contributed by atoms with Crippen LogP contribution in [0.3, 0.4) is 0 Å². The number of methoxy groups -OCH3 is 1. The van der Waals surface area contributed by atoms with Crippen LogP contribution >= 0.6 is 0 Å². The second-order valence-electron chi connectivity index (χ2n) is 14.1. The highest BCUT2D eigenvalue weighted by molar-refractivity contribution is 6.02. The van der Waals surface area contributed by atoms with Crippen LogP contribution in [0.2, 0.25) is 0 Å². The molecule has 18 nitrogen and oxygen atoms in total. The lowest BCUT2D eigenvalue weighted by atomic mass is 9.96. The SMILES string of the molecule is COC(=O)[C@H]1O[C@@H](Oc2ccc(C(F)(F)F)cc2N(C)C(=O)n2ccc3c(-c4cnn([C@H](CC#N)C5CCCC5)c4)ncnc32)[C@H](OC(C)=O)[C@@H](OC(C)=O)[C@@H]1OC(C)=O. The molecule has 2 fully saturated rings. The van der Waals surface area contributed by atoms with E-state index >= 15 is 0 Å². The maximum Gasteiger partial charge on any atom is 0.416 e. The Morgan fingerprint density at radius 2 is 1.65 bits per heavy atom. The molecule has 1 aliphatic heterocycles. The highest BCUT2D eigenvalue weighted by atomic mass is 19.4. The van der Waals surface area contributed by atoms with E-state index in [1.165, 1.54) is 19.6 Å². The molecule has 0 bridgehead atoms. The number of nitrogens with zero attached hydrogens (tertiary/aromatic N) is 7. The number of hydrogen-bond acceptors (Lipinski definition) is 15. The number of nitriles is 1. The molecule has 3 aromatic heterocycles. The lowest BCUT2D eigenvalue weighted by Gasteiger charge is -2.43. The third-order valence-corrected chi connectivity index (χ3v) is 10.2. The summed E-state index contributed by atoms with van der Waals surface area (Å²) in [6, 6.07) is 4.92. The maximum atomic E-state index is 14.3. The minimum Gasteiger partial charge on any atom is -0.467 e. The summed E-state index contributed by atoms with van der Waals surface area (Å²) in [5.41, 5.74) is -0.578. The van der Waals surface area contributed by atoms with E-state index in [9.17, 15) is 42.4 Å². The van der Waals surface area contributed by atoms with Crippen molar-refractivity contribution in [3.63, 3.8) is 0 Å². The number of hydrogen-bond donors (Lipinski definition) is 0. The number of halogens is 3. The molecule has 0 radical (unpaired) electrons. The molecular formula is C39H40F3N7O11. The van der Waals surface area contributed by atoms with Crippen LogP contribution in [0.1, 0.15) is 64.5 Å². The third kappa shape index (κ3) is 9.02. The van der Waals surface area contributed by atoms with E-state index in [2.05, 4.69) is 21.1 Å². The van der Waals surface area contributed by atoms with Crippen LogP contribution in [0.5, 0.6) is 5.75 Å². The first-order valence-electron chi connectivity index (χ1n) is 18.7. The number of carbonyl (C=O) groups is 5. The van der Waals surface area contributed by atoms with Gasteiger partial charge in [0.05, 0.1) is 48.8 Å². The standard InChI is InChI=1S/C39H40F3N7O11/c1-20(50)56-31-32(57-21(2)51)34(58-22(3)52)37(60-33(31)36(53)55-5)59-29-11-10-25(39(40,41)42)16-28(29)47(4)38(54)48-15-13-26-30(44-19-45-35(26)48)24-17-46-49(18-24)27(12-14-43)23-8-6-7-9-23/h10-11,13,15-19,23,27,31-34,37H,6-9,12H2,1-5H3/t27-,31+,32+,33+,34-,37-/m1/s1. The first-order chi connectivity index (χ1) is 28.5. The molecule has 0 unspecified atom stereocenters. The van der Waals surface area contributed by atoms with E-state index in [0.29, 0.717) is 34.7 Å². The van der Waals surface area contributed by atoms with E-state index in [1.54, 1.807) is 23.1 Å². The summed E-state index contributed by atoms with van der Waals surface area (Å²) in [5, 5.41) is 14.5. The first-order valence-corrected chi connectivity index (χ1v) is 18.7. The molecule has 21 heteroatoms. The molecule has 1 saturated carbocycles. The molecule has 0 spiro atoms. The van der Waals surface area contributed by atoms with Crippen LogP contribution in [0.4, 0.5) is 23.7 Å². The number of amides is 1. The predicted molar refractivity (Wildman–Crippen MR) is 199 cm³/mol. The van der Waals surface area contributed by atoms with Gasteiger partial charge in [-0.25, -0.2) is 19.6 Å². The molecule has 4 heterocycles. The average Bonchev–Trinajstić information content (AvgIpc) is 4.00. The van der Waals surface area contributed by atoms with Crippen LogP contribution in [0.15, 0.2) is 49.2 Å². The Balaban J connectivity index is 1.37. The Labute approximate surface area is 340 Å². The summed E-state index contributed by atoms with van der Waals surface area (Å²) in [4.78, 5) is 73.5. The van der Waals surface area contributed by atoms with Crippen LogP contribution in [0.25, 0.3) is 22.3 Å². The van der Waals surface area contributed by atoms with Gasteiger partial charge in [0.1, 0.15) is 12.1 Å². The second kappa shape index (κ2) is 17.7. The highest BCUT2D eigenvalue weighted by Gasteiger charge is 2.56. The molecule has 1 amide bonds. The van der Waals surface area contributed by atoms with Gasteiger partial charge in [0.25, 0.3) is 0 Å². The molecule has 6 atom stereocenters. The summed E-state index contributed by atoms with van der Waals surface area (Å²) < 4.78 is 78.0. The van der Waals surface area contributed by atoms with E-state index in [-0.39, 0.29) is 18.1 Å². The Bertz CT molecular complexity index is 2320. The molecule has 1 saturated heterocycles. The normalized spacial score (nSPS) is 21.1. The largest absolute Gasteiger partial charge is 0.467 e. The van der Waals surface area contributed by atoms with E-state index < -0.39 is 83.8 Å². The molecule has 1 aliphatic carbocycles. The van der Waals surface area contributed by atoms with Crippen molar-refractivity contribution in [2.75, 3.05) is 19.1 Å². The van der Waals surface area contributed by atoms with Gasteiger partial charge in [-0.15, -0.1) is 0 Å². The van der Waals surface area contributed by atoms with E-state index in [0.717, 1.165) is 69.1 Å². The Morgan fingerprint density at radius 3 is 2.28 bits per heavy atom. The third-order valence-electron chi connectivity index (χ3n) is 10.2. The summed E-state index contributed by atoms with van der Waals surface area (Å²) in [6.07, 6.45) is -3.68. The number of carbonyl (C=O) groups excluding carboxylic acids is 5. The number of aromatic nitrogens is 5. The van der Waals surface area contributed by atoms with Gasteiger partial charge in [-0.3, -0.25) is 28.5 Å². The van der Waals surface area contributed by atoms with E-state index in [1.807, 2.05) is 0 Å². The van der Waals surface area contributed by atoms with Crippen LogP contribution in [-0.2, 0) is 49.0 Å². The molecule has 1 aromatic carbocycles. The zero-order valence-corrected chi connectivity index (χ0v) is 33.0. The Kier molecular flexibility index (Phi) is 12.7. The fourth-order valence-electron chi connectivity index (χ4n) is 7.51. The van der Waals surface area contributed by atoms with Crippen molar-refractivity contribution in [3.8, 4) is 23.1 Å². The van der Waals surface area contributed by atoms with Crippen molar-refractivity contribution in [2.24, 2.45) is 5.92 Å². The van der Waals surface area contributed by atoms with Gasteiger partial charge in [-0.05, 0) is 43.0 Å². The van der Waals surface area contributed by atoms with Crippen LogP contribution in [0, 0.1) is 17.2 Å². The monoisotopic (exact) mass is 839 g/mol. The molecule has 6 rings (SSSR count). The van der Waals surface area contributed by atoms with Gasteiger partial charge < -0.3 is 28.4 Å². The number of ether oxygens (including phenoxy) is 6. The van der Waals surface area contributed by atoms with E-state index in [4.69, 9.17) is 28.4 Å². The van der Waals surface area contributed by atoms with Gasteiger partial charge in [-0.1, -0.05) is 12.8 Å². The first kappa shape index (κ1) is 43.0. The minimum absolute atomic E-state index is 0.0932. The number of alkyl halides is 3. The fraction of sp³-hybridized carbons (Fsp3) is 0.462. The van der Waals surface area contributed by atoms with Gasteiger partial charge in [0, 0.05) is 51.2 Å². The van der Waals surface area contributed by atoms with Crippen molar-refractivity contribution in [1.82, 2.24) is 24.3 Å². The zero-order chi connectivity index (χ0) is 43.5. The van der Waals surface area contributed by atoms with Crippen LogP contribution < -0.4 is 9.64 Å². The number of fused-ring (bicyclic) bond motifs is 1. The van der Waals surface area contributed by atoms with Gasteiger partial charge >= 0.3 is 36.1 Å². The summed E-state index contributed by atoms with van der Waals surface area (Å²) in [6.45, 7) is 2.96. The topological polar surface area (TPSA) is 216 Å². The Hall–Kier alpha value is -6.56. The lowest BCUT2D eigenvalue weighted by Crippen LogP contribution is -2.64. The summed E-state index contributed by atoms with van der Waals surface area (Å²) in [5.74, 6) is -4.19. The number of anilines is 1. The second-order valence-corrected chi connectivity index (χ2v) is 14.1. The molecule has 4 aromatic rings. The van der Waals surface area contributed by atoms with Crippen molar-refractivity contribution < 1.29 is 65.6 Å². The average molecular weight is 840 g/mol. The van der Waals surface area contributed by atoms with Gasteiger partial charge in [0.2, 0.25) is 12.4 Å². The molecule has 60 heavy (non-hydrogen) atoms. The molecule has 318 valence electrons. The fourth-order valence-corrected chi connectivity index (χ4v) is 7.51. The molecular weight excluding hydrogens is 799 g/mol. The van der Waals surface area contributed by atoms with Crippen LogP contribution in [-0.4, -0.2) is 99.1 Å². The van der Waals surface area contributed by atoms with Crippen molar-refractivity contribution in [3.05, 3.63) is 54.7 Å². The zero-order valence-electron chi connectivity index (χ0n) is 33.0. The predicted octanol–water partition coefficient (Wildman–Crippen LogP) is 5.13. The summed E-state index contributed by atoms with van der Waals surface area (Å²) >= 11 is 0. The summed E-state index contributed by atoms with van der Waals surface area (Å²) in [7, 11) is 2.15. The van der Waals surface area contributed by atoms with Crippen molar-refractivity contribution in [2.45, 2.75) is 95.8 Å². The van der Waals surface area contributed by atoms with Gasteiger partial charge in [-0.2, -0.15) is 23.5 Å². The van der Waals surface area contributed by atoms with Gasteiger partial charge in [0.15, 0.2) is 24.0 Å². The smallest absolute Gasteiger partial charge is 0.416 e. The number of esters is 4. The molecule has 0 N–H and O–H groups in total. The maximum absolute atomic E-state index is 14.3. The van der Waals surface area contributed by atoms with Crippen molar-refractivity contribution >= 4 is 46.6 Å². The lowest BCUT2D eigenvalue weighted by molar-refractivity contribution is -0.282. The highest BCUT2D eigenvalue weighted by Crippen LogP contribution is 2.40. The molecule has 2 aliphatic rings. The number of benzene rings is 1. The van der Waals surface area contributed by atoms with Crippen molar-refractivity contribution in [1.29, 1.82) is 5.26 Å². The Morgan fingerprint density at radius 1 is 0.983 bits per heavy atom. The minimum atomic E-state index is -4.90. The quantitative estimate of drug-likeness (QED) is 0.141.